The van der Waals surface area contributed by atoms with E-state index in [1.165, 1.54) is 11.3 Å². The van der Waals surface area contributed by atoms with Crippen molar-refractivity contribution in [2.24, 2.45) is 0 Å². The number of fused-ring (bicyclic) bond motifs is 2. The van der Waals surface area contributed by atoms with Crippen LogP contribution in [-0.4, -0.2) is 48.1 Å². The van der Waals surface area contributed by atoms with Crippen LogP contribution in [0.5, 0.6) is 0 Å². The van der Waals surface area contributed by atoms with Gasteiger partial charge in [0, 0.05) is 20.1 Å². The molecule has 98 valence electrons. The maximum Gasteiger partial charge on any atom is 0.268 e. The van der Waals surface area contributed by atoms with Crippen molar-refractivity contribution in [3.05, 3.63) is 4.88 Å². The number of carbonyl (C=O) groups is 1. The first-order valence-corrected chi connectivity index (χ1v) is 6.88. The lowest BCUT2D eigenvalue weighted by molar-refractivity contribution is -0.0301. The number of nitrogens with two attached hydrogens (primary N) is 1. The number of likely N-dealkylation sites (tertiary alicyclic amines) is 1. The number of thiazole rings is 1. The van der Waals surface area contributed by atoms with Gasteiger partial charge in [0.15, 0.2) is 5.13 Å². The standard InChI is InChI=1S/C11H16N4O2S/c1-13-11-14-9(12)8(18-11)10(16)15-4-6-2-3-7(5-15)17-6/h6-7H,2-5,12H2,1H3,(H,13,14). The zero-order valence-electron chi connectivity index (χ0n) is 10.2. The Morgan fingerprint density at radius 2 is 2.17 bits per heavy atom. The van der Waals surface area contributed by atoms with Gasteiger partial charge in [0.25, 0.3) is 5.91 Å². The first-order valence-electron chi connectivity index (χ1n) is 6.06. The van der Waals surface area contributed by atoms with E-state index in [9.17, 15) is 4.79 Å². The molecule has 2 unspecified atom stereocenters. The van der Waals surface area contributed by atoms with Crippen molar-refractivity contribution in [1.82, 2.24) is 9.88 Å². The molecule has 2 aliphatic heterocycles. The molecule has 1 aromatic rings. The molecule has 0 saturated carbocycles. The molecule has 6 nitrogen and oxygen atoms in total. The van der Waals surface area contributed by atoms with Crippen molar-refractivity contribution in [1.29, 1.82) is 0 Å². The van der Waals surface area contributed by atoms with Gasteiger partial charge in [0.1, 0.15) is 10.7 Å². The molecule has 18 heavy (non-hydrogen) atoms. The predicted molar refractivity (Wildman–Crippen MR) is 69.9 cm³/mol. The number of morpholine rings is 1. The quantitative estimate of drug-likeness (QED) is 0.828. The average molecular weight is 268 g/mol. The normalized spacial score (nSPS) is 26.4. The fourth-order valence-corrected chi connectivity index (χ4v) is 3.32. The summed E-state index contributed by atoms with van der Waals surface area (Å²) < 4.78 is 5.72. The average Bonchev–Trinajstić information content (AvgIpc) is 2.91. The summed E-state index contributed by atoms with van der Waals surface area (Å²) in [6.45, 7) is 1.34. The maximum absolute atomic E-state index is 12.4. The topological polar surface area (TPSA) is 80.5 Å². The van der Waals surface area contributed by atoms with Crippen LogP contribution in [0.4, 0.5) is 10.9 Å². The number of ether oxygens (including phenoxy) is 1. The van der Waals surface area contributed by atoms with Gasteiger partial charge in [-0.2, -0.15) is 0 Å². The van der Waals surface area contributed by atoms with Gasteiger partial charge in [-0.15, -0.1) is 0 Å². The van der Waals surface area contributed by atoms with E-state index >= 15 is 0 Å². The molecule has 7 heteroatoms. The van der Waals surface area contributed by atoms with E-state index in [-0.39, 0.29) is 18.1 Å². The van der Waals surface area contributed by atoms with Gasteiger partial charge in [-0.25, -0.2) is 4.98 Å². The number of nitrogen functional groups attached to an aromatic ring is 1. The Balaban J connectivity index is 1.79. The molecule has 2 aliphatic rings. The second-order valence-corrected chi connectivity index (χ2v) is 5.65. The van der Waals surface area contributed by atoms with Crippen LogP contribution < -0.4 is 11.1 Å². The summed E-state index contributed by atoms with van der Waals surface area (Å²) in [5.74, 6) is 0.292. The van der Waals surface area contributed by atoms with Crippen molar-refractivity contribution >= 4 is 28.2 Å². The number of anilines is 2. The minimum atomic E-state index is -0.0216. The molecule has 3 heterocycles. The number of nitrogens with one attached hydrogen (secondary N) is 1. The van der Waals surface area contributed by atoms with E-state index in [4.69, 9.17) is 10.5 Å². The minimum Gasteiger partial charge on any atom is -0.382 e. The second kappa shape index (κ2) is 4.40. The number of carbonyl (C=O) groups excluding carboxylic acids is 1. The molecule has 0 aliphatic carbocycles. The van der Waals surface area contributed by atoms with Crippen LogP contribution in [0.2, 0.25) is 0 Å². The van der Waals surface area contributed by atoms with Crippen molar-refractivity contribution in [2.45, 2.75) is 25.0 Å². The molecule has 1 aromatic heterocycles. The number of nitrogens with zero attached hydrogens (tertiary/aromatic N) is 2. The van der Waals surface area contributed by atoms with E-state index in [0.717, 1.165) is 12.8 Å². The zero-order valence-corrected chi connectivity index (χ0v) is 11.0. The van der Waals surface area contributed by atoms with Gasteiger partial charge in [-0.05, 0) is 12.8 Å². The predicted octanol–water partition coefficient (Wildman–Crippen LogP) is 0.770. The number of hydrogen-bond donors (Lipinski definition) is 2. The summed E-state index contributed by atoms with van der Waals surface area (Å²) in [7, 11) is 1.77. The Hall–Kier alpha value is -1.34. The highest BCUT2D eigenvalue weighted by atomic mass is 32.1. The van der Waals surface area contributed by atoms with Crippen molar-refractivity contribution in [3.63, 3.8) is 0 Å². The first-order chi connectivity index (χ1) is 8.67. The van der Waals surface area contributed by atoms with Crippen molar-refractivity contribution in [2.75, 3.05) is 31.2 Å². The first kappa shape index (κ1) is 11.7. The number of aromatic nitrogens is 1. The minimum absolute atomic E-state index is 0.0216. The van der Waals surface area contributed by atoms with E-state index in [1.54, 1.807) is 7.05 Å². The van der Waals surface area contributed by atoms with E-state index in [2.05, 4.69) is 10.3 Å². The van der Waals surface area contributed by atoms with Gasteiger partial charge < -0.3 is 20.7 Å². The molecule has 2 fully saturated rings. The Morgan fingerprint density at radius 3 is 2.72 bits per heavy atom. The van der Waals surface area contributed by atoms with Crippen LogP contribution in [0.25, 0.3) is 0 Å². The number of rotatable bonds is 2. The Bertz CT molecular complexity index is 464. The monoisotopic (exact) mass is 268 g/mol. The molecule has 0 aromatic carbocycles. The Morgan fingerprint density at radius 1 is 1.50 bits per heavy atom. The SMILES string of the molecule is CNc1nc(N)c(C(=O)N2CC3CCC(C2)O3)s1. The van der Waals surface area contributed by atoms with Gasteiger partial charge in [0.05, 0.1) is 12.2 Å². The third-order valence-electron chi connectivity index (χ3n) is 3.39. The smallest absolute Gasteiger partial charge is 0.268 e. The van der Waals surface area contributed by atoms with E-state index in [0.29, 0.717) is 28.9 Å². The van der Waals surface area contributed by atoms with E-state index in [1.807, 2.05) is 4.90 Å². The van der Waals surface area contributed by atoms with Crippen molar-refractivity contribution in [3.8, 4) is 0 Å². The van der Waals surface area contributed by atoms with Crippen LogP contribution >= 0.6 is 11.3 Å². The van der Waals surface area contributed by atoms with Gasteiger partial charge >= 0.3 is 0 Å². The van der Waals surface area contributed by atoms with Crippen LogP contribution in [0.15, 0.2) is 0 Å². The summed E-state index contributed by atoms with van der Waals surface area (Å²) in [6, 6.07) is 0. The molecule has 2 bridgehead atoms. The highest BCUT2D eigenvalue weighted by Crippen LogP contribution is 2.30. The van der Waals surface area contributed by atoms with Crippen LogP contribution in [0.1, 0.15) is 22.5 Å². The summed E-state index contributed by atoms with van der Waals surface area (Å²) in [4.78, 5) is 18.9. The molecular formula is C11H16N4O2S. The second-order valence-electron chi connectivity index (χ2n) is 4.65. The third-order valence-corrected chi connectivity index (χ3v) is 4.47. The highest BCUT2D eigenvalue weighted by molar-refractivity contribution is 7.18. The summed E-state index contributed by atoms with van der Waals surface area (Å²) >= 11 is 1.30. The Labute approximate surface area is 109 Å². The lowest BCUT2D eigenvalue weighted by Gasteiger charge is -2.31. The molecule has 2 saturated heterocycles. The largest absolute Gasteiger partial charge is 0.382 e. The molecule has 3 N–H and O–H groups in total. The highest BCUT2D eigenvalue weighted by Gasteiger charge is 2.36. The van der Waals surface area contributed by atoms with Gasteiger partial charge in [-0.3, -0.25) is 4.79 Å². The van der Waals surface area contributed by atoms with E-state index < -0.39 is 0 Å². The van der Waals surface area contributed by atoms with Crippen LogP contribution in [0.3, 0.4) is 0 Å². The third kappa shape index (κ3) is 1.93. The fourth-order valence-electron chi connectivity index (χ4n) is 2.52. The molecule has 0 spiro atoms. The lowest BCUT2D eigenvalue weighted by atomic mass is 10.2. The maximum atomic E-state index is 12.4. The number of hydrogen-bond acceptors (Lipinski definition) is 6. The lowest BCUT2D eigenvalue weighted by Crippen LogP contribution is -2.45. The van der Waals surface area contributed by atoms with Crippen LogP contribution in [0, 0.1) is 0 Å². The van der Waals surface area contributed by atoms with Crippen LogP contribution in [-0.2, 0) is 4.74 Å². The fraction of sp³-hybridized carbons (Fsp3) is 0.636. The summed E-state index contributed by atoms with van der Waals surface area (Å²) in [5.41, 5.74) is 5.79. The molecule has 0 radical (unpaired) electrons. The van der Waals surface area contributed by atoms with Gasteiger partial charge in [0.2, 0.25) is 0 Å². The van der Waals surface area contributed by atoms with Crippen molar-refractivity contribution < 1.29 is 9.53 Å². The Kier molecular flexibility index (Phi) is 2.87. The zero-order chi connectivity index (χ0) is 12.7. The molecule has 3 rings (SSSR count). The van der Waals surface area contributed by atoms with Gasteiger partial charge in [-0.1, -0.05) is 11.3 Å². The molecule has 1 amide bonds. The molecule has 2 atom stereocenters. The summed E-state index contributed by atoms with van der Waals surface area (Å²) in [6.07, 6.45) is 2.50. The number of amides is 1. The summed E-state index contributed by atoms with van der Waals surface area (Å²) in [5, 5.41) is 3.58. The molecular weight excluding hydrogens is 252 g/mol.